The van der Waals surface area contributed by atoms with E-state index in [4.69, 9.17) is 4.74 Å². The van der Waals surface area contributed by atoms with Gasteiger partial charge in [-0.05, 0) is 45.1 Å². The van der Waals surface area contributed by atoms with Gasteiger partial charge < -0.3 is 15.2 Å². The van der Waals surface area contributed by atoms with Crippen molar-refractivity contribution in [1.82, 2.24) is 5.32 Å². The van der Waals surface area contributed by atoms with Gasteiger partial charge in [-0.2, -0.15) is 0 Å². The zero-order valence-corrected chi connectivity index (χ0v) is 13.9. The molecule has 112 valence electrons. The van der Waals surface area contributed by atoms with Gasteiger partial charge in [0.25, 0.3) is 0 Å². The smallest absolute Gasteiger partial charge is 0.307 e. The predicted molar refractivity (Wildman–Crippen MR) is 86.3 cm³/mol. The van der Waals surface area contributed by atoms with Crippen molar-refractivity contribution in [2.24, 2.45) is 0 Å². The van der Waals surface area contributed by atoms with Gasteiger partial charge in [0.2, 0.25) is 0 Å². The fourth-order valence-electron chi connectivity index (χ4n) is 1.91. The van der Waals surface area contributed by atoms with E-state index in [1.54, 1.807) is 17.4 Å². The molecule has 1 aromatic heterocycles. The van der Waals surface area contributed by atoms with E-state index < -0.39 is 0 Å². The second kappa shape index (κ2) is 7.59. The highest BCUT2D eigenvalue weighted by molar-refractivity contribution is 9.10. The lowest BCUT2D eigenvalue weighted by atomic mass is 10.1. The number of halogens is 1. The number of hydrogen-bond acceptors (Lipinski definition) is 5. The van der Waals surface area contributed by atoms with Gasteiger partial charge in [-0.15, -0.1) is 11.3 Å². The summed E-state index contributed by atoms with van der Waals surface area (Å²) in [5, 5.41) is 14.8. The van der Waals surface area contributed by atoms with E-state index >= 15 is 0 Å². The van der Waals surface area contributed by atoms with Gasteiger partial charge in [0, 0.05) is 11.4 Å². The third-order valence-electron chi connectivity index (χ3n) is 3.05. The van der Waals surface area contributed by atoms with Gasteiger partial charge >= 0.3 is 5.97 Å². The third kappa shape index (κ3) is 4.56. The Labute approximate surface area is 135 Å². The van der Waals surface area contributed by atoms with E-state index in [0.29, 0.717) is 11.0 Å². The molecule has 0 aliphatic rings. The van der Waals surface area contributed by atoms with Crippen LogP contribution in [0.3, 0.4) is 0 Å². The van der Waals surface area contributed by atoms with Gasteiger partial charge in [-0.25, -0.2) is 0 Å². The highest BCUT2D eigenvalue weighted by Gasteiger charge is 2.17. The first-order valence-electron chi connectivity index (χ1n) is 6.41. The molecule has 0 spiro atoms. The SMILES string of the molecule is COC(=O)CC(NCc1ccc(O)c(Br)c1)c1cccs1. The van der Waals surface area contributed by atoms with Crippen molar-refractivity contribution in [3.8, 4) is 5.75 Å². The zero-order chi connectivity index (χ0) is 15.2. The second-order valence-electron chi connectivity index (χ2n) is 4.51. The molecule has 2 rings (SSSR count). The van der Waals surface area contributed by atoms with Crippen molar-refractivity contribution in [3.05, 3.63) is 50.6 Å². The molecule has 0 aliphatic carbocycles. The Morgan fingerprint density at radius 2 is 2.29 bits per heavy atom. The molecule has 0 saturated heterocycles. The number of nitrogens with one attached hydrogen (secondary N) is 1. The quantitative estimate of drug-likeness (QED) is 0.763. The molecule has 0 amide bonds. The lowest BCUT2D eigenvalue weighted by Gasteiger charge is -2.16. The molecule has 6 heteroatoms. The highest BCUT2D eigenvalue weighted by Crippen LogP contribution is 2.26. The summed E-state index contributed by atoms with van der Waals surface area (Å²) in [6.07, 6.45) is 0.288. The summed E-state index contributed by atoms with van der Waals surface area (Å²) in [5.41, 5.74) is 1.02. The van der Waals surface area contributed by atoms with Crippen molar-refractivity contribution in [1.29, 1.82) is 0 Å². The fourth-order valence-corrected chi connectivity index (χ4v) is 3.14. The van der Waals surface area contributed by atoms with Crippen LogP contribution in [-0.2, 0) is 16.1 Å². The van der Waals surface area contributed by atoms with Gasteiger partial charge in [-0.3, -0.25) is 4.79 Å². The summed E-state index contributed by atoms with van der Waals surface area (Å²) >= 11 is 4.90. The number of benzene rings is 1. The predicted octanol–water partition coefficient (Wildman–Crippen LogP) is 3.61. The molecular weight excluding hydrogens is 354 g/mol. The number of thiophene rings is 1. The van der Waals surface area contributed by atoms with Crippen molar-refractivity contribution in [2.45, 2.75) is 19.0 Å². The van der Waals surface area contributed by atoms with Crippen molar-refractivity contribution in [3.63, 3.8) is 0 Å². The monoisotopic (exact) mass is 369 g/mol. The average molecular weight is 370 g/mol. The molecule has 1 heterocycles. The van der Waals surface area contributed by atoms with E-state index in [2.05, 4.69) is 21.2 Å². The van der Waals surface area contributed by atoms with Crippen LogP contribution in [0.15, 0.2) is 40.2 Å². The number of methoxy groups -OCH3 is 1. The zero-order valence-electron chi connectivity index (χ0n) is 11.5. The Morgan fingerprint density at radius 3 is 2.90 bits per heavy atom. The fraction of sp³-hybridized carbons (Fsp3) is 0.267. The van der Waals surface area contributed by atoms with Crippen LogP contribution in [-0.4, -0.2) is 18.2 Å². The summed E-state index contributed by atoms with van der Waals surface area (Å²) in [4.78, 5) is 12.6. The first-order chi connectivity index (χ1) is 10.1. The number of carbonyl (C=O) groups excluding carboxylic acids is 1. The molecule has 1 unspecified atom stereocenters. The Morgan fingerprint density at radius 1 is 1.48 bits per heavy atom. The number of aromatic hydroxyl groups is 1. The van der Waals surface area contributed by atoms with E-state index in [1.807, 2.05) is 29.6 Å². The van der Waals surface area contributed by atoms with Crippen LogP contribution in [0.2, 0.25) is 0 Å². The topological polar surface area (TPSA) is 58.6 Å². The largest absolute Gasteiger partial charge is 0.507 e. The number of phenolic OH excluding ortho intramolecular Hbond substituents is 1. The Balaban J connectivity index is 2.04. The molecule has 1 atom stereocenters. The summed E-state index contributed by atoms with van der Waals surface area (Å²) in [6.45, 7) is 0.596. The summed E-state index contributed by atoms with van der Waals surface area (Å²) in [5.74, 6) is -0.0316. The van der Waals surface area contributed by atoms with Crippen molar-refractivity contribution >= 4 is 33.2 Å². The molecule has 0 saturated carbocycles. The average Bonchev–Trinajstić information content (AvgIpc) is 3.00. The lowest BCUT2D eigenvalue weighted by Crippen LogP contribution is -2.23. The molecule has 2 aromatic rings. The van der Waals surface area contributed by atoms with Crippen LogP contribution in [0.25, 0.3) is 0 Å². The van der Waals surface area contributed by atoms with Crippen LogP contribution in [0.4, 0.5) is 0 Å². The number of hydrogen-bond donors (Lipinski definition) is 2. The van der Waals surface area contributed by atoms with Crippen LogP contribution >= 0.6 is 27.3 Å². The number of phenols is 1. The number of rotatable bonds is 6. The standard InChI is InChI=1S/C15H16BrNO3S/c1-20-15(19)8-12(14-3-2-6-21-14)17-9-10-4-5-13(18)11(16)7-10/h2-7,12,17-18H,8-9H2,1H3. The number of carbonyl (C=O) groups is 1. The van der Waals surface area contributed by atoms with Crippen molar-refractivity contribution < 1.29 is 14.6 Å². The van der Waals surface area contributed by atoms with Gasteiger partial charge in [0.15, 0.2) is 0 Å². The molecule has 0 bridgehead atoms. The maximum atomic E-state index is 11.5. The molecule has 0 fully saturated rings. The summed E-state index contributed by atoms with van der Waals surface area (Å²) in [6, 6.07) is 9.22. The molecule has 21 heavy (non-hydrogen) atoms. The highest BCUT2D eigenvalue weighted by atomic mass is 79.9. The first-order valence-corrected chi connectivity index (χ1v) is 8.08. The van der Waals surface area contributed by atoms with Gasteiger partial charge in [0.1, 0.15) is 5.75 Å². The minimum Gasteiger partial charge on any atom is -0.507 e. The molecular formula is C15H16BrNO3S. The normalized spacial score (nSPS) is 12.1. The molecule has 2 N–H and O–H groups in total. The maximum absolute atomic E-state index is 11.5. The maximum Gasteiger partial charge on any atom is 0.307 e. The third-order valence-corrected chi connectivity index (χ3v) is 4.67. The lowest BCUT2D eigenvalue weighted by molar-refractivity contribution is -0.141. The summed E-state index contributed by atoms with van der Waals surface area (Å²) < 4.78 is 5.41. The molecule has 0 radical (unpaired) electrons. The molecule has 1 aromatic carbocycles. The van der Waals surface area contributed by atoms with Crippen LogP contribution in [0.1, 0.15) is 22.9 Å². The second-order valence-corrected chi connectivity index (χ2v) is 6.35. The Kier molecular flexibility index (Phi) is 5.78. The van der Waals surface area contributed by atoms with Gasteiger partial charge in [0.05, 0.1) is 24.0 Å². The summed E-state index contributed by atoms with van der Waals surface area (Å²) in [7, 11) is 1.39. The Hall–Kier alpha value is -1.37. The number of esters is 1. The first kappa shape index (κ1) is 16.0. The van der Waals surface area contributed by atoms with Crippen LogP contribution in [0.5, 0.6) is 5.75 Å². The van der Waals surface area contributed by atoms with Gasteiger partial charge in [-0.1, -0.05) is 12.1 Å². The minimum atomic E-state index is -0.243. The van der Waals surface area contributed by atoms with Crippen LogP contribution < -0.4 is 5.32 Å². The van der Waals surface area contributed by atoms with E-state index in [-0.39, 0.29) is 24.2 Å². The van der Waals surface area contributed by atoms with E-state index in [1.165, 1.54) is 7.11 Å². The van der Waals surface area contributed by atoms with Crippen LogP contribution in [0, 0.1) is 0 Å². The Bertz CT molecular complexity index is 601. The molecule has 4 nitrogen and oxygen atoms in total. The van der Waals surface area contributed by atoms with Crippen molar-refractivity contribution in [2.75, 3.05) is 7.11 Å². The molecule has 0 aliphatic heterocycles. The number of ether oxygens (including phenoxy) is 1. The van der Waals surface area contributed by atoms with E-state index in [9.17, 15) is 9.90 Å². The minimum absolute atomic E-state index is 0.0787. The van der Waals surface area contributed by atoms with E-state index in [0.717, 1.165) is 10.4 Å².